The Kier molecular flexibility index (Phi) is 4.04. The van der Waals surface area contributed by atoms with Gasteiger partial charge in [-0.2, -0.15) is 0 Å². The van der Waals surface area contributed by atoms with Gasteiger partial charge in [-0.1, -0.05) is 6.07 Å². The number of morpholine rings is 1. The van der Waals surface area contributed by atoms with E-state index in [0.29, 0.717) is 25.3 Å². The van der Waals surface area contributed by atoms with E-state index in [1.54, 1.807) is 0 Å². The van der Waals surface area contributed by atoms with E-state index in [4.69, 9.17) is 10.5 Å². The summed E-state index contributed by atoms with van der Waals surface area (Å²) in [6.45, 7) is 3.00. The monoisotopic (exact) mass is 242 g/mol. The Morgan fingerprint density at radius 3 is 2.59 bits per heavy atom. The van der Waals surface area contributed by atoms with Gasteiger partial charge >= 0.3 is 0 Å². The van der Waals surface area contributed by atoms with Crippen LogP contribution in [0.1, 0.15) is 11.6 Å². The largest absolute Gasteiger partial charge is 0.379 e. The Morgan fingerprint density at radius 2 is 2.00 bits per heavy atom. The van der Waals surface area contributed by atoms with Gasteiger partial charge in [-0.3, -0.25) is 4.90 Å². The Bertz CT molecular complexity index is 381. The van der Waals surface area contributed by atoms with Crippen LogP contribution >= 0.6 is 0 Å². The first kappa shape index (κ1) is 12.4. The van der Waals surface area contributed by atoms with Gasteiger partial charge in [0.15, 0.2) is 0 Å². The molecule has 3 nitrogen and oxygen atoms in total. The predicted octanol–water partition coefficient (Wildman–Crippen LogP) is 1.30. The van der Waals surface area contributed by atoms with Crippen molar-refractivity contribution in [3.05, 3.63) is 35.4 Å². The molecule has 1 aliphatic rings. The van der Waals surface area contributed by atoms with Gasteiger partial charge in [0.25, 0.3) is 0 Å². The van der Waals surface area contributed by atoms with Crippen LogP contribution in [0.25, 0.3) is 0 Å². The quantitative estimate of drug-likeness (QED) is 0.868. The van der Waals surface area contributed by atoms with E-state index in [0.717, 1.165) is 19.2 Å². The predicted molar refractivity (Wildman–Crippen MR) is 60.5 cm³/mol. The number of halogens is 2. The van der Waals surface area contributed by atoms with Crippen molar-refractivity contribution in [3.8, 4) is 0 Å². The Morgan fingerprint density at radius 1 is 1.29 bits per heavy atom. The summed E-state index contributed by atoms with van der Waals surface area (Å²) >= 11 is 0. The zero-order valence-electron chi connectivity index (χ0n) is 9.53. The van der Waals surface area contributed by atoms with Gasteiger partial charge in [-0.15, -0.1) is 0 Å². The average molecular weight is 242 g/mol. The highest BCUT2D eigenvalue weighted by Gasteiger charge is 2.23. The third-order valence-corrected chi connectivity index (χ3v) is 3.03. The van der Waals surface area contributed by atoms with Crippen molar-refractivity contribution < 1.29 is 13.5 Å². The molecule has 17 heavy (non-hydrogen) atoms. The summed E-state index contributed by atoms with van der Waals surface area (Å²) in [6, 6.07) is 3.43. The third kappa shape index (κ3) is 2.80. The minimum atomic E-state index is -0.566. The molecule has 0 aromatic heterocycles. The number of hydrogen-bond donors (Lipinski definition) is 1. The second-order valence-corrected chi connectivity index (χ2v) is 4.07. The van der Waals surface area contributed by atoms with Gasteiger partial charge in [0.2, 0.25) is 0 Å². The first-order valence-corrected chi connectivity index (χ1v) is 5.69. The minimum Gasteiger partial charge on any atom is -0.379 e. The SMILES string of the molecule is NCC(c1ccc(F)cc1F)N1CCOCC1. The fraction of sp³-hybridized carbons (Fsp3) is 0.500. The van der Waals surface area contributed by atoms with E-state index in [-0.39, 0.29) is 6.04 Å². The molecule has 1 aromatic carbocycles. The van der Waals surface area contributed by atoms with Crippen LogP contribution in [0.2, 0.25) is 0 Å². The summed E-state index contributed by atoms with van der Waals surface area (Å²) in [7, 11) is 0. The average Bonchev–Trinajstić information content (AvgIpc) is 2.34. The molecule has 2 N–H and O–H groups in total. The lowest BCUT2D eigenvalue weighted by Gasteiger charge is -2.34. The Hall–Kier alpha value is -1.04. The maximum Gasteiger partial charge on any atom is 0.130 e. The summed E-state index contributed by atoms with van der Waals surface area (Å²) in [5, 5.41) is 0. The molecule has 1 aliphatic heterocycles. The number of hydrogen-bond acceptors (Lipinski definition) is 3. The van der Waals surface area contributed by atoms with Crippen molar-refractivity contribution in [2.24, 2.45) is 5.73 Å². The number of ether oxygens (including phenoxy) is 1. The van der Waals surface area contributed by atoms with E-state index in [9.17, 15) is 8.78 Å². The molecule has 0 saturated carbocycles. The molecule has 94 valence electrons. The maximum atomic E-state index is 13.7. The van der Waals surface area contributed by atoms with Crippen molar-refractivity contribution in [3.63, 3.8) is 0 Å². The lowest BCUT2D eigenvalue weighted by Crippen LogP contribution is -2.42. The normalized spacial score (nSPS) is 19.2. The molecular weight excluding hydrogens is 226 g/mol. The highest BCUT2D eigenvalue weighted by Crippen LogP contribution is 2.23. The lowest BCUT2D eigenvalue weighted by atomic mass is 10.0. The van der Waals surface area contributed by atoms with E-state index >= 15 is 0 Å². The number of nitrogens with two attached hydrogens (primary N) is 1. The molecule has 1 atom stereocenters. The van der Waals surface area contributed by atoms with Crippen molar-refractivity contribution in [2.45, 2.75) is 6.04 Å². The van der Waals surface area contributed by atoms with E-state index in [1.165, 1.54) is 12.1 Å². The fourth-order valence-corrected chi connectivity index (χ4v) is 2.13. The first-order valence-electron chi connectivity index (χ1n) is 5.69. The van der Waals surface area contributed by atoms with Gasteiger partial charge in [0, 0.05) is 31.3 Å². The summed E-state index contributed by atoms with van der Waals surface area (Å²) in [5.74, 6) is -1.10. The minimum absolute atomic E-state index is 0.209. The standard InChI is InChI=1S/C12H16F2N2O/c13-9-1-2-10(11(14)7-9)12(8-15)16-3-5-17-6-4-16/h1-2,7,12H,3-6,8,15H2. The molecule has 0 aliphatic carbocycles. The number of rotatable bonds is 3. The molecule has 5 heteroatoms. The smallest absolute Gasteiger partial charge is 0.130 e. The zero-order valence-corrected chi connectivity index (χ0v) is 9.53. The van der Waals surface area contributed by atoms with Crippen molar-refractivity contribution in [1.29, 1.82) is 0 Å². The molecule has 0 radical (unpaired) electrons. The summed E-state index contributed by atoms with van der Waals surface area (Å²) in [4.78, 5) is 2.07. The lowest BCUT2D eigenvalue weighted by molar-refractivity contribution is 0.0172. The zero-order chi connectivity index (χ0) is 12.3. The molecule has 0 bridgehead atoms. The summed E-state index contributed by atoms with van der Waals surface area (Å²) < 4.78 is 31.8. The van der Waals surface area contributed by atoms with Crippen LogP contribution in [-0.4, -0.2) is 37.7 Å². The van der Waals surface area contributed by atoms with E-state index < -0.39 is 11.6 Å². The van der Waals surface area contributed by atoms with Crippen LogP contribution in [-0.2, 0) is 4.74 Å². The highest BCUT2D eigenvalue weighted by atomic mass is 19.1. The first-order chi connectivity index (χ1) is 8.22. The molecular formula is C12H16F2N2O. The Balaban J connectivity index is 2.21. The van der Waals surface area contributed by atoms with E-state index in [1.807, 2.05) is 0 Å². The fourth-order valence-electron chi connectivity index (χ4n) is 2.13. The van der Waals surface area contributed by atoms with Crippen LogP contribution in [0.4, 0.5) is 8.78 Å². The molecule has 2 rings (SSSR count). The highest BCUT2D eigenvalue weighted by molar-refractivity contribution is 5.22. The van der Waals surface area contributed by atoms with E-state index in [2.05, 4.69) is 4.90 Å². The molecule has 1 saturated heterocycles. The molecule has 0 amide bonds. The van der Waals surface area contributed by atoms with Crippen molar-refractivity contribution >= 4 is 0 Å². The third-order valence-electron chi connectivity index (χ3n) is 3.03. The van der Waals surface area contributed by atoms with Crippen LogP contribution in [0.5, 0.6) is 0 Å². The molecule has 1 unspecified atom stereocenters. The van der Waals surface area contributed by atoms with Gasteiger partial charge in [-0.25, -0.2) is 8.78 Å². The van der Waals surface area contributed by atoms with Crippen LogP contribution in [0.3, 0.4) is 0 Å². The van der Waals surface area contributed by atoms with Gasteiger partial charge in [-0.05, 0) is 6.07 Å². The molecule has 1 fully saturated rings. The van der Waals surface area contributed by atoms with Crippen molar-refractivity contribution in [2.75, 3.05) is 32.8 Å². The second kappa shape index (κ2) is 5.53. The topological polar surface area (TPSA) is 38.5 Å². The van der Waals surface area contributed by atoms with Crippen LogP contribution in [0, 0.1) is 11.6 Å². The summed E-state index contributed by atoms with van der Waals surface area (Å²) in [6.07, 6.45) is 0. The van der Waals surface area contributed by atoms with Crippen molar-refractivity contribution in [1.82, 2.24) is 4.90 Å². The molecule has 1 heterocycles. The van der Waals surface area contributed by atoms with Gasteiger partial charge in [0.1, 0.15) is 11.6 Å². The second-order valence-electron chi connectivity index (χ2n) is 4.07. The molecule has 0 spiro atoms. The number of benzene rings is 1. The Labute approximate surface area is 99.2 Å². The summed E-state index contributed by atoms with van der Waals surface area (Å²) in [5.41, 5.74) is 6.15. The van der Waals surface area contributed by atoms with Crippen LogP contribution < -0.4 is 5.73 Å². The molecule has 1 aromatic rings. The maximum absolute atomic E-state index is 13.7. The van der Waals surface area contributed by atoms with Crippen LogP contribution in [0.15, 0.2) is 18.2 Å². The number of nitrogens with zero attached hydrogens (tertiary/aromatic N) is 1. The van der Waals surface area contributed by atoms with Gasteiger partial charge < -0.3 is 10.5 Å². The van der Waals surface area contributed by atoms with Gasteiger partial charge in [0.05, 0.1) is 19.3 Å².